The minimum atomic E-state index is -0.526. The number of nitrogens with one attached hydrogen (secondary N) is 1. The van der Waals surface area contributed by atoms with Crippen molar-refractivity contribution in [1.29, 1.82) is 0 Å². The molecule has 6 heteroatoms. The molecule has 0 unspecified atom stereocenters. The van der Waals surface area contributed by atoms with Gasteiger partial charge in [0.15, 0.2) is 11.3 Å². The van der Waals surface area contributed by atoms with Gasteiger partial charge in [-0.05, 0) is 24.3 Å². The number of methoxy groups -OCH3 is 1. The van der Waals surface area contributed by atoms with Crippen molar-refractivity contribution in [2.24, 2.45) is 0 Å². The second-order valence-electron chi connectivity index (χ2n) is 4.49. The highest BCUT2D eigenvalue weighted by Crippen LogP contribution is 2.20. The van der Waals surface area contributed by atoms with Crippen LogP contribution in [0.2, 0.25) is 0 Å². The van der Waals surface area contributed by atoms with E-state index >= 15 is 0 Å². The molecule has 0 radical (unpaired) electrons. The molecule has 0 atom stereocenters. The lowest BCUT2D eigenvalue weighted by atomic mass is 10.2. The molecule has 1 aromatic carbocycles. The smallest absolute Gasteiger partial charge is 0.339 e. The van der Waals surface area contributed by atoms with Gasteiger partial charge in [0.1, 0.15) is 5.52 Å². The van der Waals surface area contributed by atoms with Crippen LogP contribution in [0.4, 0.5) is 5.69 Å². The molecule has 2 aromatic heterocycles. The summed E-state index contributed by atoms with van der Waals surface area (Å²) in [5, 5.41) is 2.64. The highest BCUT2D eigenvalue weighted by Gasteiger charge is 2.17. The van der Waals surface area contributed by atoms with Crippen LogP contribution in [0.25, 0.3) is 11.1 Å². The number of fused-ring (bicyclic) bond motifs is 1. The van der Waals surface area contributed by atoms with Gasteiger partial charge in [0, 0.05) is 12.3 Å². The third-order valence-electron chi connectivity index (χ3n) is 3.09. The summed E-state index contributed by atoms with van der Waals surface area (Å²) in [6.07, 6.45) is 1.62. The Hall–Kier alpha value is -3.15. The number of pyridine rings is 1. The van der Waals surface area contributed by atoms with Crippen LogP contribution in [0.1, 0.15) is 20.9 Å². The van der Waals surface area contributed by atoms with Crippen LogP contribution >= 0.6 is 0 Å². The van der Waals surface area contributed by atoms with Crippen LogP contribution in [-0.4, -0.2) is 24.0 Å². The molecule has 0 aliphatic heterocycles. The third-order valence-corrected chi connectivity index (χ3v) is 3.09. The van der Waals surface area contributed by atoms with Gasteiger partial charge in [0.2, 0.25) is 0 Å². The number of hydrogen-bond donors (Lipinski definition) is 1. The number of nitrogens with zero attached hydrogens (tertiary/aromatic N) is 1. The van der Waals surface area contributed by atoms with Gasteiger partial charge >= 0.3 is 5.97 Å². The highest BCUT2D eigenvalue weighted by molar-refractivity contribution is 6.07. The van der Waals surface area contributed by atoms with Gasteiger partial charge < -0.3 is 14.5 Å². The number of rotatable bonds is 3. The molecule has 3 rings (SSSR count). The molecular weight excluding hydrogens is 284 g/mol. The Morgan fingerprint density at radius 3 is 2.77 bits per heavy atom. The molecule has 0 bridgehead atoms. The number of amides is 1. The van der Waals surface area contributed by atoms with Crippen molar-refractivity contribution in [1.82, 2.24) is 4.98 Å². The molecule has 2 heterocycles. The van der Waals surface area contributed by atoms with Crippen molar-refractivity contribution in [2.45, 2.75) is 0 Å². The number of para-hydroxylation sites is 1. The summed E-state index contributed by atoms with van der Waals surface area (Å²) in [6, 6.07) is 11.6. The maximum Gasteiger partial charge on any atom is 0.339 e. The minimum Gasteiger partial charge on any atom is -0.465 e. The Kier molecular flexibility index (Phi) is 3.57. The second-order valence-corrected chi connectivity index (χ2v) is 4.49. The van der Waals surface area contributed by atoms with Crippen LogP contribution in [-0.2, 0) is 4.74 Å². The summed E-state index contributed by atoms with van der Waals surface area (Å²) in [7, 11) is 1.28. The molecule has 1 amide bonds. The lowest BCUT2D eigenvalue weighted by Crippen LogP contribution is -2.14. The summed E-state index contributed by atoms with van der Waals surface area (Å²) < 4.78 is 10.1. The summed E-state index contributed by atoms with van der Waals surface area (Å²) in [5.74, 6) is -0.870. The van der Waals surface area contributed by atoms with E-state index in [9.17, 15) is 9.59 Å². The number of ether oxygens (including phenoxy) is 1. The molecule has 0 aliphatic rings. The summed E-state index contributed by atoms with van der Waals surface area (Å²) in [4.78, 5) is 28.1. The SMILES string of the molecule is COC(=O)c1ccccc1NC(=O)c1cc2ncccc2o1. The van der Waals surface area contributed by atoms with Crippen molar-refractivity contribution in [3.63, 3.8) is 0 Å². The van der Waals surface area contributed by atoms with Crippen molar-refractivity contribution in [2.75, 3.05) is 12.4 Å². The van der Waals surface area contributed by atoms with Crippen LogP contribution in [0.5, 0.6) is 0 Å². The van der Waals surface area contributed by atoms with Crippen LogP contribution < -0.4 is 5.32 Å². The molecule has 3 aromatic rings. The maximum absolute atomic E-state index is 12.3. The van der Waals surface area contributed by atoms with E-state index in [1.165, 1.54) is 7.11 Å². The third kappa shape index (κ3) is 2.54. The topological polar surface area (TPSA) is 81.4 Å². The van der Waals surface area contributed by atoms with E-state index in [2.05, 4.69) is 15.0 Å². The molecule has 1 N–H and O–H groups in total. The zero-order chi connectivity index (χ0) is 15.5. The molecule has 110 valence electrons. The average molecular weight is 296 g/mol. The summed E-state index contributed by atoms with van der Waals surface area (Å²) in [6.45, 7) is 0. The fraction of sp³-hybridized carbons (Fsp3) is 0.0625. The normalized spacial score (nSPS) is 10.4. The predicted molar refractivity (Wildman–Crippen MR) is 79.7 cm³/mol. The number of anilines is 1. The van der Waals surface area contributed by atoms with E-state index in [-0.39, 0.29) is 11.3 Å². The van der Waals surface area contributed by atoms with Crippen LogP contribution in [0, 0.1) is 0 Å². The van der Waals surface area contributed by atoms with Gasteiger partial charge in [0.25, 0.3) is 5.91 Å². The molecule has 0 fully saturated rings. The number of benzene rings is 1. The van der Waals surface area contributed by atoms with Gasteiger partial charge in [-0.1, -0.05) is 12.1 Å². The van der Waals surface area contributed by atoms with Crippen molar-refractivity contribution in [3.05, 3.63) is 60.0 Å². The first-order chi connectivity index (χ1) is 10.7. The molecule has 0 saturated carbocycles. The van der Waals surface area contributed by atoms with Gasteiger partial charge in [-0.15, -0.1) is 0 Å². The maximum atomic E-state index is 12.3. The number of esters is 1. The van der Waals surface area contributed by atoms with Gasteiger partial charge in [-0.3, -0.25) is 9.78 Å². The monoisotopic (exact) mass is 296 g/mol. The van der Waals surface area contributed by atoms with Crippen molar-refractivity contribution in [3.8, 4) is 0 Å². The van der Waals surface area contributed by atoms with Crippen LogP contribution in [0.3, 0.4) is 0 Å². The van der Waals surface area contributed by atoms with E-state index in [1.54, 1.807) is 48.7 Å². The Balaban J connectivity index is 1.90. The quantitative estimate of drug-likeness (QED) is 0.751. The minimum absolute atomic E-state index is 0.119. The Morgan fingerprint density at radius 1 is 1.18 bits per heavy atom. The number of aromatic nitrogens is 1. The van der Waals surface area contributed by atoms with E-state index < -0.39 is 11.9 Å². The number of hydrogen-bond acceptors (Lipinski definition) is 5. The molecule has 0 spiro atoms. The van der Waals surface area contributed by atoms with Gasteiger partial charge in [-0.25, -0.2) is 4.79 Å². The first kappa shape index (κ1) is 13.8. The van der Waals surface area contributed by atoms with E-state index in [0.717, 1.165) is 0 Å². The largest absolute Gasteiger partial charge is 0.465 e. The van der Waals surface area contributed by atoms with Crippen molar-refractivity contribution >= 4 is 28.7 Å². The average Bonchev–Trinajstić information content (AvgIpc) is 2.99. The summed E-state index contributed by atoms with van der Waals surface area (Å²) >= 11 is 0. The molecule has 22 heavy (non-hydrogen) atoms. The van der Waals surface area contributed by atoms with E-state index in [1.807, 2.05) is 0 Å². The Bertz CT molecular complexity index is 821. The van der Waals surface area contributed by atoms with Gasteiger partial charge in [0.05, 0.1) is 18.4 Å². The lowest BCUT2D eigenvalue weighted by Gasteiger charge is -2.08. The van der Waals surface area contributed by atoms with Crippen LogP contribution in [0.15, 0.2) is 53.1 Å². The standard InChI is InChI=1S/C16H12N2O4/c1-21-16(20)10-5-2-3-6-11(10)18-15(19)14-9-12-13(22-14)7-4-8-17-12/h2-9H,1H3,(H,18,19). The van der Waals surface area contributed by atoms with Gasteiger partial charge in [-0.2, -0.15) is 0 Å². The number of furan rings is 1. The van der Waals surface area contributed by atoms with E-state index in [4.69, 9.17) is 4.42 Å². The first-order valence-electron chi connectivity index (χ1n) is 6.52. The fourth-order valence-corrected chi connectivity index (χ4v) is 2.05. The fourth-order valence-electron chi connectivity index (χ4n) is 2.05. The van der Waals surface area contributed by atoms with E-state index in [0.29, 0.717) is 16.8 Å². The summed E-state index contributed by atoms with van der Waals surface area (Å²) in [5.41, 5.74) is 1.74. The molecule has 0 saturated heterocycles. The first-order valence-corrected chi connectivity index (χ1v) is 6.52. The lowest BCUT2D eigenvalue weighted by molar-refractivity contribution is 0.0602. The Labute approximate surface area is 125 Å². The number of carbonyl (C=O) groups is 2. The zero-order valence-corrected chi connectivity index (χ0v) is 11.7. The highest BCUT2D eigenvalue weighted by atomic mass is 16.5. The molecule has 0 aliphatic carbocycles. The molecular formula is C16H12N2O4. The number of carbonyl (C=O) groups excluding carboxylic acids is 2. The molecule has 6 nitrogen and oxygen atoms in total. The Morgan fingerprint density at radius 2 is 2.00 bits per heavy atom. The zero-order valence-electron chi connectivity index (χ0n) is 11.7. The second kappa shape index (κ2) is 5.69. The van der Waals surface area contributed by atoms with Crippen molar-refractivity contribution < 1.29 is 18.7 Å². The predicted octanol–water partition coefficient (Wildman–Crippen LogP) is 2.87.